The van der Waals surface area contributed by atoms with E-state index in [-0.39, 0.29) is 5.91 Å². The third kappa shape index (κ3) is 3.97. The molecule has 0 radical (unpaired) electrons. The van der Waals surface area contributed by atoms with Gasteiger partial charge in [-0.1, -0.05) is 11.6 Å². The van der Waals surface area contributed by atoms with E-state index in [1.165, 1.54) is 6.42 Å². The van der Waals surface area contributed by atoms with Crippen molar-refractivity contribution in [3.05, 3.63) is 29.3 Å². The van der Waals surface area contributed by atoms with Crippen LogP contribution in [0.4, 0.5) is 0 Å². The Labute approximate surface area is 120 Å². The van der Waals surface area contributed by atoms with Crippen molar-refractivity contribution in [2.75, 3.05) is 26.9 Å². The quantitative estimate of drug-likeness (QED) is 0.899. The molecule has 110 valence electrons. The molecule has 0 saturated carbocycles. The third-order valence-corrected chi connectivity index (χ3v) is 3.69. The van der Waals surface area contributed by atoms with Crippen molar-refractivity contribution in [3.8, 4) is 5.75 Å². The summed E-state index contributed by atoms with van der Waals surface area (Å²) in [6.07, 6.45) is 3.30. The van der Waals surface area contributed by atoms with Gasteiger partial charge in [0.05, 0.1) is 12.7 Å². The summed E-state index contributed by atoms with van der Waals surface area (Å²) in [6, 6.07) is 5.63. The summed E-state index contributed by atoms with van der Waals surface area (Å²) < 4.78 is 10.7. The molecule has 4 heteroatoms. The molecule has 20 heavy (non-hydrogen) atoms. The highest BCUT2D eigenvalue weighted by Crippen LogP contribution is 2.20. The molecular weight excluding hydrogens is 254 g/mol. The minimum atomic E-state index is -0.0673. The van der Waals surface area contributed by atoms with Crippen LogP contribution < -0.4 is 10.1 Å². The van der Waals surface area contributed by atoms with Crippen LogP contribution >= 0.6 is 0 Å². The van der Waals surface area contributed by atoms with Crippen LogP contribution in [0.15, 0.2) is 18.2 Å². The maximum Gasteiger partial charge on any atom is 0.255 e. The Bertz CT molecular complexity index is 453. The Morgan fingerprint density at radius 1 is 1.50 bits per heavy atom. The number of benzene rings is 1. The van der Waals surface area contributed by atoms with Crippen molar-refractivity contribution in [1.82, 2.24) is 5.32 Å². The van der Waals surface area contributed by atoms with Crippen molar-refractivity contribution in [1.29, 1.82) is 0 Å². The standard InChI is InChI=1S/C16H23NO3/c1-12-5-6-15(19-2)14(10-12)16(18)17-8-7-13-4-3-9-20-11-13/h5-6,10,13H,3-4,7-9,11H2,1-2H3,(H,17,18)/t13-/m0/s1. The fraction of sp³-hybridized carbons (Fsp3) is 0.562. The van der Waals surface area contributed by atoms with Crippen molar-refractivity contribution < 1.29 is 14.3 Å². The van der Waals surface area contributed by atoms with Crippen molar-refractivity contribution in [2.45, 2.75) is 26.2 Å². The summed E-state index contributed by atoms with van der Waals surface area (Å²) in [5.74, 6) is 1.12. The van der Waals surface area contributed by atoms with Gasteiger partial charge in [0.1, 0.15) is 5.75 Å². The molecule has 1 fully saturated rings. The predicted octanol–water partition coefficient (Wildman–Crippen LogP) is 2.55. The van der Waals surface area contributed by atoms with E-state index in [0.717, 1.165) is 31.6 Å². The topological polar surface area (TPSA) is 47.6 Å². The first-order valence-corrected chi connectivity index (χ1v) is 7.21. The first-order chi connectivity index (χ1) is 9.70. The second-order valence-electron chi connectivity index (χ2n) is 5.33. The normalized spacial score (nSPS) is 18.6. The molecule has 1 atom stereocenters. The number of rotatable bonds is 5. The molecule has 1 aliphatic heterocycles. The monoisotopic (exact) mass is 277 g/mol. The summed E-state index contributed by atoms with van der Waals surface area (Å²) in [5.41, 5.74) is 1.66. The van der Waals surface area contributed by atoms with E-state index in [1.54, 1.807) is 7.11 Å². The maximum absolute atomic E-state index is 12.2. The molecule has 0 aromatic heterocycles. The molecule has 0 spiro atoms. The summed E-state index contributed by atoms with van der Waals surface area (Å²) in [4.78, 5) is 12.2. The summed E-state index contributed by atoms with van der Waals surface area (Å²) >= 11 is 0. The fourth-order valence-electron chi connectivity index (χ4n) is 2.52. The van der Waals surface area contributed by atoms with E-state index in [1.807, 2.05) is 25.1 Å². The predicted molar refractivity (Wildman–Crippen MR) is 78.2 cm³/mol. The number of aryl methyl sites for hydroxylation is 1. The van der Waals surface area contributed by atoms with Gasteiger partial charge in [0, 0.05) is 19.8 Å². The van der Waals surface area contributed by atoms with Gasteiger partial charge in [-0.05, 0) is 44.2 Å². The Kier molecular flexibility index (Phi) is 5.41. The zero-order valence-corrected chi connectivity index (χ0v) is 12.3. The van der Waals surface area contributed by atoms with Crippen molar-refractivity contribution in [3.63, 3.8) is 0 Å². The summed E-state index contributed by atoms with van der Waals surface area (Å²) in [6.45, 7) is 4.35. The molecule has 0 bridgehead atoms. The second kappa shape index (κ2) is 7.29. The second-order valence-corrected chi connectivity index (χ2v) is 5.33. The number of amides is 1. The van der Waals surface area contributed by atoms with Gasteiger partial charge in [-0.3, -0.25) is 4.79 Å². The highest BCUT2D eigenvalue weighted by Gasteiger charge is 2.15. The van der Waals surface area contributed by atoms with E-state index >= 15 is 0 Å². The molecule has 1 aromatic carbocycles. The molecule has 2 rings (SSSR count). The van der Waals surface area contributed by atoms with Gasteiger partial charge in [0.2, 0.25) is 0 Å². The average molecular weight is 277 g/mol. The largest absolute Gasteiger partial charge is 0.496 e. The van der Waals surface area contributed by atoms with Crippen LogP contribution in [0.25, 0.3) is 0 Å². The van der Waals surface area contributed by atoms with Crippen LogP contribution in [0.2, 0.25) is 0 Å². The molecular formula is C16H23NO3. The zero-order chi connectivity index (χ0) is 14.4. The minimum absolute atomic E-state index is 0.0673. The maximum atomic E-state index is 12.2. The van der Waals surface area contributed by atoms with Gasteiger partial charge in [0.25, 0.3) is 5.91 Å². The van der Waals surface area contributed by atoms with E-state index in [2.05, 4.69) is 5.32 Å². The molecule has 1 N–H and O–H groups in total. The van der Waals surface area contributed by atoms with E-state index < -0.39 is 0 Å². The van der Waals surface area contributed by atoms with Gasteiger partial charge in [-0.15, -0.1) is 0 Å². The Morgan fingerprint density at radius 2 is 2.35 bits per heavy atom. The van der Waals surface area contributed by atoms with E-state index in [0.29, 0.717) is 23.8 Å². The number of carbonyl (C=O) groups is 1. The van der Waals surface area contributed by atoms with Gasteiger partial charge >= 0.3 is 0 Å². The first kappa shape index (κ1) is 14.9. The third-order valence-electron chi connectivity index (χ3n) is 3.69. The number of hydrogen-bond donors (Lipinski definition) is 1. The molecule has 1 heterocycles. The lowest BCUT2D eigenvalue weighted by atomic mass is 9.98. The summed E-state index contributed by atoms with van der Waals surface area (Å²) in [7, 11) is 1.58. The van der Waals surface area contributed by atoms with Crippen LogP contribution in [-0.2, 0) is 4.74 Å². The molecule has 1 aliphatic rings. The Hall–Kier alpha value is -1.55. The Balaban J connectivity index is 1.86. The minimum Gasteiger partial charge on any atom is -0.496 e. The smallest absolute Gasteiger partial charge is 0.255 e. The van der Waals surface area contributed by atoms with E-state index in [4.69, 9.17) is 9.47 Å². The fourth-order valence-corrected chi connectivity index (χ4v) is 2.52. The van der Waals surface area contributed by atoms with Crippen molar-refractivity contribution in [2.24, 2.45) is 5.92 Å². The number of ether oxygens (including phenoxy) is 2. The molecule has 0 aliphatic carbocycles. The average Bonchev–Trinajstić information content (AvgIpc) is 2.48. The van der Waals surface area contributed by atoms with Gasteiger partial charge in [-0.2, -0.15) is 0 Å². The number of methoxy groups -OCH3 is 1. The Morgan fingerprint density at radius 3 is 3.05 bits per heavy atom. The van der Waals surface area contributed by atoms with Gasteiger partial charge < -0.3 is 14.8 Å². The van der Waals surface area contributed by atoms with Crippen molar-refractivity contribution >= 4 is 5.91 Å². The van der Waals surface area contributed by atoms with Crippen LogP contribution in [0.5, 0.6) is 5.75 Å². The number of nitrogens with one attached hydrogen (secondary N) is 1. The lowest BCUT2D eigenvalue weighted by molar-refractivity contribution is 0.0514. The number of carbonyl (C=O) groups excluding carboxylic acids is 1. The SMILES string of the molecule is COc1ccc(C)cc1C(=O)NCC[C@@H]1CCCOC1. The lowest BCUT2D eigenvalue weighted by Gasteiger charge is -2.22. The molecule has 0 unspecified atom stereocenters. The highest BCUT2D eigenvalue weighted by atomic mass is 16.5. The first-order valence-electron chi connectivity index (χ1n) is 7.21. The number of hydrogen-bond acceptors (Lipinski definition) is 3. The van der Waals surface area contributed by atoms with Crippen LogP contribution in [0, 0.1) is 12.8 Å². The van der Waals surface area contributed by atoms with Crippen LogP contribution in [0.3, 0.4) is 0 Å². The van der Waals surface area contributed by atoms with Crippen LogP contribution in [-0.4, -0.2) is 32.8 Å². The lowest BCUT2D eigenvalue weighted by Crippen LogP contribution is -2.28. The summed E-state index contributed by atoms with van der Waals surface area (Å²) in [5, 5.41) is 2.97. The highest BCUT2D eigenvalue weighted by molar-refractivity contribution is 5.97. The molecule has 1 amide bonds. The molecule has 1 saturated heterocycles. The zero-order valence-electron chi connectivity index (χ0n) is 12.3. The molecule has 4 nitrogen and oxygen atoms in total. The molecule has 1 aromatic rings. The van der Waals surface area contributed by atoms with Gasteiger partial charge in [0.15, 0.2) is 0 Å². The van der Waals surface area contributed by atoms with E-state index in [9.17, 15) is 4.79 Å². The van der Waals surface area contributed by atoms with Gasteiger partial charge in [-0.25, -0.2) is 0 Å². The van der Waals surface area contributed by atoms with Crippen LogP contribution in [0.1, 0.15) is 35.2 Å².